The first-order valence-electron chi connectivity index (χ1n) is 8.79. The van der Waals surface area contributed by atoms with E-state index in [4.69, 9.17) is 9.47 Å². The molecule has 142 valence electrons. The number of carbonyl (C=O) groups is 1. The summed E-state index contributed by atoms with van der Waals surface area (Å²) in [6.45, 7) is 8.20. The molecule has 1 unspecified atom stereocenters. The van der Waals surface area contributed by atoms with Crippen LogP contribution < -0.4 is 14.8 Å². The molecule has 1 heterocycles. The van der Waals surface area contributed by atoms with Crippen LogP contribution in [0.2, 0.25) is 0 Å². The van der Waals surface area contributed by atoms with Gasteiger partial charge in [-0.3, -0.25) is 10.1 Å². The third-order valence-electron chi connectivity index (χ3n) is 4.23. The Balaban J connectivity index is 1.67. The van der Waals surface area contributed by atoms with Crippen molar-refractivity contribution in [1.82, 2.24) is 4.98 Å². The summed E-state index contributed by atoms with van der Waals surface area (Å²) in [6, 6.07) is 13.5. The van der Waals surface area contributed by atoms with Crippen LogP contribution in [0.25, 0.3) is 10.2 Å². The first kappa shape index (κ1) is 19.2. The van der Waals surface area contributed by atoms with Gasteiger partial charge < -0.3 is 9.47 Å². The molecule has 0 fully saturated rings. The summed E-state index contributed by atoms with van der Waals surface area (Å²) in [4.78, 5) is 16.9. The Kier molecular flexibility index (Phi) is 5.37. The van der Waals surface area contributed by atoms with E-state index in [0.717, 1.165) is 10.2 Å². The Labute approximate surface area is 163 Å². The Bertz CT molecular complexity index is 942. The van der Waals surface area contributed by atoms with Gasteiger partial charge in [0.1, 0.15) is 17.0 Å². The lowest BCUT2D eigenvalue weighted by Gasteiger charge is -2.20. The van der Waals surface area contributed by atoms with Crippen LogP contribution in [0.1, 0.15) is 33.3 Å². The zero-order valence-corrected chi connectivity index (χ0v) is 17.0. The third kappa shape index (κ3) is 4.39. The number of methoxy groups -OCH3 is 1. The van der Waals surface area contributed by atoms with Gasteiger partial charge in [0.15, 0.2) is 11.2 Å². The predicted octanol–water partition coefficient (Wildman–Crippen LogP) is 5.01. The van der Waals surface area contributed by atoms with E-state index in [1.165, 1.54) is 16.9 Å². The fourth-order valence-corrected chi connectivity index (χ4v) is 3.53. The highest BCUT2D eigenvalue weighted by atomic mass is 32.1. The number of carbonyl (C=O) groups excluding carboxylic acids is 1. The number of nitrogens with one attached hydrogen (secondary N) is 1. The number of hydrogen-bond acceptors (Lipinski definition) is 5. The monoisotopic (exact) mass is 384 g/mol. The van der Waals surface area contributed by atoms with Crippen molar-refractivity contribution in [2.24, 2.45) is 0 Å². The van der Waals surface area contributed by atoms with Gasteiger partial charge in [0.25, 0.3) is 5.91 Å². The number of nitrogens with zero attached hydrogens (tertiary/aromatic N) is 1. The summed E-state index contributed by atoms with van der Waals surface area (Å²) >= 11 is 1.40. The van der Waals surface area contributed by atoms with E-state index in [1.54, 1.807) is 14.0 Å². The van der Waals surface area contributed by atoms with Crippen LogP contribution in [0.5, 0.6) is 11.5 Å². The van der Waals surface area contributed by atoms with E-state index in [-0.39, 0.29) is 11.3 Å². The van der Waals surface area contributed by atoms with E-state index in [2.05, 4.69) is 31.1 Å². The normalized spacial score (nSPS) is 12.6. The molecule has 6 heteroatoms. The minimum absolute atomic E-state index is 0.0788. The highest BCUT2D eigenvalue weighted by Crippen LogP contribution is 2.32. The van der Waals surface area contributed by atoms with Crippen molar-refractivity contribution in [2.75, 3.05) is 12.4 Å². The fraction of sp³-hybridized carbons (Fsp3) is 0.333. The number of anilines is 1. The Morgan fingerprint density at radius 1 is 1.15 bits per heavy atom. The van der Waals surface area contributed by atoms with E-state index < -0.39 is 6.10 Å². The average Bonchev–Trinajstić information content (AvgIpc) is 3.03. The Morgan fingerprint density at radius 3 is 2.48 bits per heavy atom. The number of amides is 1. The number of fused-ring (bicyclic) bond motifs is 1. The minimum atomic E-state index is -0.639. The maximum Gasteiger partial charge on any atom is 0.266 e. The summed E-state index contributed by atoms with van der Waals surface area (Å²) in [7, 11) is 1.60. The second kappa shape index (κ2) is 7.56. The van der Waals surface area contributed by atoms with Crippen LogP contribution in [-0.4, -0.2) is 24.1 Å². The summed E-state index contributed by atoms with van der Waals surface area (Å²) in [5, 5.41) is 3.35. The molecule has 0 aliphatic carbocycles. The standard InChI is InChI=1S/C21H24N2O3S/c1-13(26-15-11-9-14(10-12-15)21(2,3)4)19(24)23-20-22-18-16(25-5)7-6-8-17(18)27-20/h6-13H,1-5H3,(H,22,23,24). The molecule has 0 radical (unpaired) electrons. The molecular weight excluding hydrogens is 360 g/mol. The number of hydrogen-bond donors (Lipinski definition) is 1. The number of para-hydroxylation sites is 1. The second-order valence-electron chi connectivity index (χ2n) is 7.35. The molecule has 2 aromatic carbocycles. The van der Waals surface area contributed by atoms with Crippen molar-refractivity contribution >= 4 is 32.6 Å². The van der Waals surface area contributed by atoms with Gasteiger partial charge in [-0.25, -0.2) is 4.98 Å². The number of aromatic nitrogens is 1. The molecular formula is C21H24N2O3S. The minimum Gasteiger partial charge on any atom is -0.494 e. The SMILES string of the molecule is COc1cccc2sc(NC(=O)C(C)Oc3ccc(C(C)(C)C)cc3)nc12. The largest absolute Gasteiger partial charge is 0.494 e. The molecule has 1 N–H and O–H groups in total. The van der Waals surface area contributed by atoms with Gasteiger partial charge in [-0.2, -0.15) is 0 Å². The summed E-state index contributed by atoms with van der Waals surface area (Å²) in [5.41, 5.74) is 2.04. The summed E-state index contributed by atoms with van der Waals surface area (Å²) < 4.78 is 12.0. The zero-order valence-electron chi connectivity index (χ0n) is 16.2. The zero-order chi connectivity index (χ0) is 19.6. The molecule has 1 amide bonds. The quantitative estimate of drug-likeness (QED) is 0.672. The van der Waals surface area contributed by atoms with Crippen LogP contribution in [-0.2, 0) is 10.2 Å². The van der Waals surface area contributed by atoms with E-state index in [0.29, 0.717) is 16.6 Å². The van der Waals surface area contributed by atoms with E-state index >= 15 is 0 Å². The molecule has 1 aromatic heterocycles. The molecule has 0 aliphatic heterocycles. The lowest BCUT2D eigenvalue weighted by molar-refractivity contribution is -0.122. The molecule has 0 aliphatic rings. The maximum atomic E-state index is 12.5. The van der Waals surface area contributed by atoms with Gasteiger partial charge in [-0.05, 0) is 42.2 Å². The second-order valence-corrected chi connectivity index (χ2v) is 8.38. The molecule has 5 nitrogen and oxygen atoms in total. The number of rotatable bonds is 5. The average molecular weight is 385 g/mol. The summed E-state index contributed by atoms with van der Waals surface area (Å²) in [6.07, 6.45) is -0.639. The highest BCUT2D eigenvalue weighted by molar-refractivity contribution is 7.22. The number of ether oxygens (including phenoxy) is 2. The van der Waals surface area contributed by atoms with Crippen molar-refractivity contribution in [3.63, 3.8) is 0 Å². The van der Waals surface area contributed by atoms with Gasteiger partial charge in [-0.1, -0.05) is 50.3 Å². The van der Waals surface area contributed by atoms with Crippen molar-refractivity contribution in [1.29, 1.82) is 0 Å². The van der Waals surface area contributed by atoms with Crippen LogP contribution in [0.15, 0.2) is 42.5 Å². The Morgan fingerprint density at radius 2 is 1.85 bits per heavy atom. The van der Waals surface area contributed by atoms with Gasteiger partial charge >= 0.3 is 0 Å². The van der Waals surface area contributed by atoms with Crippen LogP contribution in [0.4, 0.5) is 5.13 Å². The Hall–Kier alpha value is -2.60. The molecule has 0 spiro atoms. The van der Waals surface area contributed by atoms with E-state index in [1.807, 2.05) is 42.5 Å². The van der Waals surface area contributed by atoms with Gasteiger partial charge in [0.2, 0.25) is 0 Å². The molecule has 0 saturated heterocycles. The molecule has 1 atom stereocenters. The van der Waals surface area contributed by atoms with Crippen LogP contribution >= 0.6 is 11.3 Å². The molecule has 27 heavy (non-hydrogen) atoms. The third-order valence-corrected chi connectivity index (χ3v) is 5.17. The lowest BCUT2D eigenvalue weighted by atomic mass is 9.87. The van der Waals surface area contributed by atoms with Crippen molar-refractivity contribution in [2.45, 2.75) is 39.2 Å². The fourth-order valence-electron chi connectivity index (χ4n) is 2.64. The first-order valence-corrected chi connectivity index (χ1v) is 9.61. The highest BCUT2D eigenvalue weighted by Gasteiger charge is 2.18. The van der Waals surface area contributed by atoms with Crippen LogP contribution in [0, 0.1) is 0 Å². The van der Waals surface area contributed by atoms with Crippen molar-refractivity contribution in [3.05, 3.63) is 48.0 Å². The number of benzene rings is 2. The van der Waals surface area contributed by atoms with Gasteiger partial charge in [0, 0.05) is 0 Å². The topological polar surface area (TPSA) is 60.5 Å². The molecule has 3 rings (SSSR count). The number of thiazole rings is 1. The smallest absolute Gasteiger partial charge is 0.266 e. The van der Waals surface area contributed by atoms with Crippen molar-refractivity contribution < 1.29 is 14.3 Å². The lowest BCUT2D eigenvalue weighted by Crippen LogP contribution is -2.30. The summed E-state index contributed by atoms with van der Waals surface area (Å²) in [5.74, 6) is 1.11. The van der Waals surface area contributed by atoms with Crippen LogP contribution in [0.3, 0.4) is 0 Å². The van der Waals surface area contributed by atoms with Crippen molar-refractivity contribution in [3.8, 4) is 11.5 Å². The molecule has 0 saturated carbocycles. The van der Waals surface area contributed by atoms with E-state index in [9.17, 15) is 4.79 Å². The van der Waals surface area contributed by atoms with Gasteiger partial charge in [-0.15, -0.1) is 0 Å². The molecule has 3 aromatic rings. The first-order chi connectivity index (χ1) is 12.8. The molecule has 0 bridgehead atoms. The van der Waals surface area contributed by atoms with Gasteiger partial charge in [0.05, 0.1) is 11.8 Å². The predicted molar refractivity (Wildman–Crippen MR) is 110 cm³/mol. The maximum absolute atomic E-state index is 12.5.